The van der Waals surface area contributed by atoms with Gasteiger partial charge in [-0.3, -0.25) is 23.9 Å². The Morgan fingerprint density at radius 3 is 2.59 bits per heavy atom. The second-order valence-electron chi connectivity index (χ2n) is 9.15. The van der Waals surface area contributed by atoms with Crippen molar-refractivity contribution in [1.82, 2.24) is 14.4 Å². The molecule has 1 aromatic heterocycles. The minimum absolute atomic E-state index is 0.0591. The summed E-state index contributed by atoms with van der Waals surface area (Å²) in [6.45, 7) is 6.04. The van der Waals surface area contributed by atoms with Gasteiger partial charge in [0, 0.05) is 37.5 Å². The highest BCUT2D eigenvalue weighted by Gasteiger charge is 2.38. The molecule has 8 nitrogen and oxygen atoms in total. The molecule has 0 bridgehead atoms. The maximum absolute atomic E-state index is 13.3. The van der Waals surface area contributed by atoms with Crippen LogP contribution >= 0.6 is 15.9 Å². The monoisotopic (exact) mass is 529 g/mol. The van der Waals surface area contributed by atoms with E-state index in [1.807, 2.05) is 30.9 Å². The highest BCUT2D eigenvalue weighted by molar-refractivity contribution is 9.10. The number of nitrogens with zero attached hydrogens (tertiary/aromatic N) is 3. The third-order valence-corrected chi connectivity index (χ3v) is 7.96. The van der Waals surface area contributed by atoms with Crippen molar-refractivity contribution in [3.05, 3.63) is 40.0 Å². The van der Waals surface area contributed by atoms with Gasteiger partial charge in [0.2, 0.25) is 17.7 Å². The average Bonchev–Trinajstić information content (AvgIpc) is 3.10. The van der Waals surface area contributed by atoms with Gasteiger partial charge in [0.1, 0.15) is 0 Å². The number of carbonyl (C=O) groups is 3. The van der Waals surface area contributed by atoms with Gasteiger partial charge in [-0.25, -0.2) is 0 Å². The largest absolute Gasteiger partial charge is 0.370 e. The van der Waals surface area contributed by atoms with Crippen LogP contribution in [-0.4, -0.2) is 70.9 Å². The normalized spacial score (nSPS) is 20.6. The quantitative estimate of drug-likeness (QED) is 0.571. The highest BCUT2D eigenvalue weighted by atomic mass is 79.9. The number of nitrogens with two attached hydrogens (primary N) is 2. The van der Waals surface area contributed by atoms with Crippen LogP contribution in [0.5, 0.6) is 0 Å². The summed E-state index contributed by atoms with van der Waals surface area (Å²) in [4.78, 5) is 41.7. The first-order valence-corrected chi connectivity index (χ1v) is 12.6. The molecule has 4 rings (SSSR count). The van der Waals surface area contributed by atoms with Crippen molar-refractivity contribution in [3.8, 4) is 0 Å². The summed E-state index contributed by atoms with van der Waals surface area (Å²) >= 11 is 3.68. The van der Waals surface area contributed by atoms with Crippen molar-refractivity contribution in [2.24, 2.45) is 17.4 Å². The van der Waals surface area contributed by atoms with Crippen LogP contribution in [0.3, 0.4) is 0 Å². The number of primary amides is 1. The lowest BCUT2D eigenvalue weighted by Crippen LogP contribution is -2.47. The zero-order valence-electron chi connectivity index (χ0n) is 19.9. The Hall–Kier alpha value is -2.49. The molecule has 1 aromatic carbocycles. The Bertz CT molecular complexity index is 1180. The average molecular weight is 530 g/mol. The van der Waals surface area contributed by atoms with Crippen LogP contribution in [0.4, 0.5) is 0 Å². The molecule has 0 spiro atoms. The molecule has 182 valence electrons. The smallest absolute Gasteiger partial charge is 0.248 e. The summed E-state index contributed by atoms with van der Waals surface area (Å²) < 4.78 is 2.32. The minimum atomic E-state index is -0.836. The summed E-state index contributed by atoms with van der Waals surface area (Å²) in [5, 5.41) is 1.01. The van der Waals surface area contributed by atoms with Crippen LogP contribution in [0.25, 0.3) is 16.5 Å². The number of likely N-dealkylation sites (N-methyl/N-ethyl adjacent to an activating group) is 1. The molecule has 0 saturated carbocycles. The van der Waals surface area contributed by atoms with Crippen LogP contribution in [0.2, 0.25) is 0 Å². The molecule has 2 aliphatic rings. The Morgan fingerprint density at radius 1 is 1.24 bits per heavy atom. The summed E-state index contributed by atoms with van der Waals surface area (Å²) in [6.07, 6.45) is 3.11. The molecule has 3 atom stereocenters. The molecule has 0 unspecified atom stereocenters. The van der Waals surface area contributed by atoms with Crippen LogP contribution in [-0.2, 0) is 16.0 Å². The summed E-state index contributed by atoms with van der Waals surface area (Å²) in [7, 11) is 2.06. The van der Waals surface area contributed by atoms with E-state index in [0.29, 0.717) is 24.2 Å². The number of hydrogen-bond donors (Lipinski definition) is 2. The maximum atomic E-state index is 13.3. The SMILES string of the molecule is CCN(CC)C(=O)[C@@H]1C=C2c3cccc4c3c(c(Br)n4C(=O)[C@@H](N)CCC(N)=O)C[C@H]2N(C)C1. The minimum Gasteiger partial charge on any atom is -0.370 e. The molecular weight excluding hydrogens is 498 g/mol. The fourth-order valence-electron chi connectivity index (χ4n) is 5.32. The molecule has 4 N–H and O–H groups in total. The van der Waals surface area contributed by atoms with Gasteiger partial charge in [-0.05, 0) is 72.4 Å². The topological polar surface area (TPSA) is 115 Å². The fourth-order valence-corrected chi connectivity index (χ4v) is 6.05. The van der Waals surface area contributed by atoms with Gasteiger partial charge < -0.3 is 16.4 Å². The van der Waals surface area contributed by atoms with Gasteiger partial charge in [0.15, 0.2) is 0 Å². The Morgan fingerprint density at radius 2 is 1.94 bits per heavy atom. The Kier molecular flexibility index (Phi) is 6.98. The van der Waals surface area contributed by atoms with E-state index < -0.39 is 11.9 Å². The van der Waals surface area contributed by atoms with Crippen molar-refractivity contribution in [3.63, 3.8) is 0 Å². The van der Waals surface area contributed by atoms with Gasteiger partial charge in [0.25, 0.3) is 0 Å². The summed E-state index contributed by atoms with van der Waals surface area (Å²) in [5.41, 5.74) is 15.4. The molecular formula is C25H32BrN5O3. The van der Waals surface area contributed by atoms with Crippen molar-refractivity contribution in [1.29, 1.82) is 0 Å². The first-order chi connectivity index (χ1) is 16.2. The molecule has 0 fully saturated rings. The van der Waals surface area contributed by atoms with Gasteiger partial charge >= 0.3 is 0 Å². The van der Waals surface area contributed by atoms with Crippen molar-refractivity contribution in [2.75, 3.05) is 26.7 Å². The third-order valence-electron chi connectivity index (χ3n) is 7.13. The molecule has 2 amide bonds. The predicted octanol–water partition coefficient (Wildman–Crippen LogP) is 2.37. The zero-order valence-corrected chi connectivity index (χ0v) is 21.5. The number of rotatable bonds is 7. The lowest BCUT2D eigenvalue weighted by Gasteiger charge is -2.40. The van der Waals surface area contributed by atoms with Gasteiger partial charge in [-0.2, -0.15) is 0 Å². The lowest BCUT2D eigenvalue weighted by molar-refractivity contribution is -0.134. The zero-order chi connectivity index (χ0) is 24.7. The van der Waals surface area contributed by atoms with E-state index in [0.717, 1.165) is 34.0 Å². The fraction of sp³-hybridized carbons (Fsp3) is 0.480. The molecule has 0 saturated heterocycles. The van der Waals surface area contributed by atoms with E-state index in [2.05, 4.69) is 40.0 Å². The molecule has 2 heterocycles. The molecule has 0 radical (unpaired) electrons. The molecule has 9 heteroatoms. The predicted molar refractivity (Wildman–Crippen MR) is 136 cm³/mol. The Balaban J connectivity index is 1.80. The van der Waals surface area contributed by atoms with Gasteiger partial charge in [-0.15, -0.1) is 0 Å². The van der Waals surface area contributed by atoms with E-state index >= 15 is 0 Å². The number of carbonyl (C=O) groups excluding carboxylic acids is 3. The highest BCUT2D eigenvalue weighted by Crippen LogP contribution is 2.45. The van der Waals surface area contributed by atoms with E-state index in [1.54, 1.807) is 4.57 Å². The molecule has 1 aliphatic heterocycles. The van der Waals surface area contributed by atoms with E-state index in [9.17, 15) is 14.4 Å². The van der Waals surface area contributed by atoms with Crippen LogP contribution in [0, 0.1) is 5.92 Å². The molecule has 34 heavy (non-hydrogen) atoms. The van der Waals surface area contributed by atoms with Gasteiger partial charge in [0.05, 0.1) is 22.1 Å². The second-order valence-corrected chi connectivity index (χ2v) is 9.90. The van der Waals surface area contributed by atoms with Crippen LogP contribution in [0.15, 0.2) is 28.9 Å². The van der Waals surface area contributed by atoms with E-state index in [4.69, 9.17) is 11.5 Å². The number of halogens is 1. The first kappa shape index (κ1) is 24.6. The summed E-state index contributed by atoms with van der Waals surface area (Å²) in [6, 6.07) is 5.20. The summed E-state index contributed by atoms with van der Waals surface area (Å²) in [5.74, 6) is -0.811. The first-order valence-electron chi connectivity index (χ1n) is 11.8. The van der Waals surface area contributed by atoms with Crippen molar-refractivity contribution < 1.29 is 14.4 Å². The number of amides is 2. The Labute approximate surface area is 208 Å². The van der Waals surface area contributed by atoms with Crippen molar-refractivity contribution >= 4 is 50.1 Å². The maximum Gasteiger partial charge on any atom is 0.248 e. The van der Waals surface area contributed by atoms with Crippen LogP contribution in [0.1, 0.15) is 42.6 Å². The third kappa shape index (κ3) is 4.10. The van der Waals surface area contributed by atoms with Gasteiger partial charge in [-0.1, -0.05) is 18.2 Å². The molecule has 1 aliphatic carbocycles. The van der Waals surface area contributed by atoms with E-state index in [-0.39, 0.29) is 36.6 Å². The second kappa shape index (κ2) is 9.64. The number of fused-ring (bicyclic) bond motifs is 2. The lowest BCUT2D eigenvalue weighted by atomic mass is 9.79. The number of hydrogen-bond acceptors (Lipinski definition) is 5. The standard InChI is InChI=1S/C25H32BrN5O3/c1-4-30(5-2)24(33)14-11-16-15-7-6-8-19-22(15)17(12-20(16)29(3)13-14)23(26)31(19)25(34)18(27)9-10-21(28)32/h6-8,11,14,18,20H,4-5,9-10,12-13,27H2,1-3H3,(H2,28,32)/t14-,18+,20-/m1/s1. The number of aromatic nitrogens is 1. The molecule has 2 aromatic rings. The number of benzene rings is 1. The van der Waals surface area contributed by atoms with E-state index in [1.165, 1.54) is 0 Å². The van der Waals surface area contributed by atoms with Crippen LogP contribution < -0.4 is 11.5 Å². The van der Waals surface area contributed by atoms with Crippen molar-refractivity contribution in [2.45, 2.75) is 45.2 Å².